The highest BCUT2D eigenvalue weighted by Gasteiger charge is 2.28. The largest absolute Gasteiger partial charge is 0.356 e. The number of nitrogens with one attached hydrogen (secondary N) is 2. The zero-order valence-corrected chi connectivity index (χ0v) is 13.3. The maximum Gasteiger partial charge on any atom is 0.221 e. The van der Waals surface area contributed by atoms with E-state index in [2.05, 4.69) is 50.3 Å². The average molecular weight is 269 g/mol. The van der Waals surface area contributed by atoms with Gasteiger partial charge in [0.1, 0.15) is 0 Å². The molecule has 1 rings (SSSR count). The summed E-state index contributed by atoms with van der Waals surface area (Å²) < 4.78 is 0. The molecule has 2 N–H and O–H groups in total. The standard InChI is InChI=1S/C15H31N3O/c1-14(2,3)17-9-6-13(19)16-12-15(4)7-10-18(5)11-8-15/h17H,6-12H2,1-5H3,(H,16,19). The van der Waals surface area contributed by atoms with Crippen LogP contribution in [0.1, 0.15) is 47.0 Å². The number of hydrogen-bond acceptors (Lipinski definition) is 3. The molecule has 1 fully saturated rings. The molecule has 1 saturated heterocycles. The number of amides is 1. The SMILES string of the molecule is CN1CCC(C)(CNC(=O)CCNC(C)(C)C)CC1. The fourth-order valence-electron chi connectivity index (χ4n) is 2.29. The van der Waals surface area contributed by atoms with Crippen molar-refractivity contribution in [1.29, 1.82) is 0 Å². The van der Waals surface area contributed by atoms with Crippen LogP contribution in [-0.2, 0) is 4.79 Å². The molecule has 0 aromatic rings. The van der Waals surface area contributed by atoms with Gasteiger partial charge < -0.3 is 15.5 Å². The molecule has 19 heavy (non-hydrogen) atoms. The summed E-state index contributed by atoms with van der Waals surface area (Å²) in [6.07, 6.45) is 2.90. The Balaban J connectivity index is 2.19. The lowest BCUT2D eigenvalue weighted by Crippen LogP contribution is -2.44. The van der Waals surface area contributed by atoms with E-state index >= 15 is 0 Å². The summed E-state index contributed by atoms with van der Waals surface area (Å²) in [6, 6.07) is 0. The van der Waals surface area contributed by atoms with Crippen LogP contribution in [0, 0.1) is 5.41 Å². The first-order chi connectivity index (χ1) is 8.70. The molecule has 1 aliphatic heterocycles. The van der Waals surface area contributed by atoms with Crippen molar-refractivity contribution in [1.82, 2.24) is 15.5 Å². The molecule has 0 saturated carbocycles. The third-order valence-electron chi connectivity index (χ3n) is 3.91. The zero-order valence-electron chi connectivity index (χ0n) is 13.3. The predicted octanol–water partition coefficient (Wildman–Crippen LogP) is 1.61. The fourth-order valence-corrected chi connectivity index (χ4v) is 2.29. The first kappa shape index (κ1) is 16.4. The Labute approximate surface area is 118 Å². The molecular formula is C15H31N3O. The first-order valence-corrected chi connectivity index (χ1v) is 7.41. The summed E-state index contributed by atoms with van der Waals surface area (Å²) in [5.74, 6) is 0.164. The lowest BCUT2D eigenvalue weighted by molar-refractivity contribution is -0.121. The number of hydrogen-bond donors (Lipinski definition) is 2. The van der Waals surface area contributed by atoms with Gasteiger partial charge in [-0.3, -0.25) is 4.79 Å². The van der Waals surface area contributed by atoms with Gasteiger partial charge >= 0.3 is 0 Å². The van der Waals surface area contributed by atoms with Crippen LogP contribution < -0.4 is 10.6 Å². The van der Waals surface area contributed by atoms with E-state index in [1.807, 2.05) is 0 Å². The van der Waals surface area contributed by atoms with Crippen LogP contribution in [0.25, 0.3) is 0 Å². The van der Waals surface area contributed by atoms with Crippen LogP contribution >= 0.6 is 0 Å². The molecule has 1 heterocycles. The Morgan fingerprint density at radius 1 is 1.26 bits per heavy atom. The van der Waals surface area contributed by atoms with Crippen LogP contribution in [-0.4, -0.2) is 49.6 Å². The van der Waals surface area contributed by atoms with E-state index < -0.39 is 0 Å². The van der Waals surface area contributed by atoms with Crippen LogP contribution in [0.15, 0.2) is 0 Å². The summed E-state index contributed by atoms with van der Waals surface area (Å²) in [5.41, 5.74) is 0.361. The second kappa shape index (κ2) is 6.71. The van der Waals surface area contributed by atoms with Crippen molar-refractivity contribution in [2.75, 3.05) is 33.2 Å². The molecule has 0 bridgehead atoms. The zero-order chi connectivity index (χ0) is 14.5. The molecule has 4 heteroatoms. The molecule has 0 aliphatic carbocycles. The van der Waals surface area contributed by atoms with E-state index in [-0.39, 0.29) is 16.9 Å². The van der Waals surface area contributed by atoms with Crippen LogP contribution in [0.2, 0.25) is 0 Å². The van der Waals surface area contributed by atoms with E-state index in [0.717, 1.165) is 26.2 Å². The molecular weight excluding hydrogens is 238 g/mol. The summed E-state index contributed by atoms with van der Waals surface area (Å²) in [7, 11) is 2.16. The Kier molecular flexibility index (Phi) is 5.81. The number of carbonyl (C=O) groups excluding carboxylic acids is 1. The number of nitrogens with zero attached hydrogens (tertiary/aromatic N) is 1. The van der Waals surface area contributed by atoms with Crippen molar-refractivity contribution in [3.63, 3.8) is 0 Å². The normalized spacial score (nSPS) is 20.3. The third kappa shape index (κ3) is 6.92. The van der Waals surface area contributed by atoms with E-state index in [1.165, 1.54) is 12.8 Å². The number of rotatable bonds is 5. The van der Waals surface area contributed by atoms with Gasteiger partial charge in [0.05, 0.1) is 0 Å². The average Bonchev–Trinajstić information content (AvgIpc) is 2.29. The van der Waals surface area contributed by atoms with Crippen molar-refractivity contribution in [3.8, 4) is 0 Å². The van der Waals surface area contributed by atoms with Crippen molar-refractivity contribution >= 4 is 5.91 Å². The Bertz CT molecular complexity index is 288. The highest BCUT2D eigenvalue weighted by atomic mass is 16.1. The minimum Gasteiger partial charge on any atom is -0.356 e. The number of piperidine rings is 1. The monoisotopic (exact) mass is 269 g/mol. The third-order valence-corrected chi connectivity index (χ3v) is 3.91. The highest BCUT2D eigenvalue weighted by Crippen LogP contribution is 2.29. The quantitative estimate of drug-likeness (QED) is 0.797. The smallest absolute Gasteiger partial charge is 0.221 e. The van der Waals surface area contributed by atoms with Crippen molar-refractivity contribution in [2.24, 2.45) is 5.41 Å². The molecule has 0 atom stereocenters. The summed E-state index contributed by atoms with van der Waals surface area (Å²) >= 11 is 0. The van der Waals surface area contributed by atoms with Crippen LogP contribution in [0.5, 0.6) is 0 Å². The van der Waals surface area contributed by atoms with Crippen molar-refractivity contribution in [3.05, 3.63) is 0 Å². The number of likely N-dealkylation sites (tertiary alicyclic amines) is 1. The minimum atomic E-state index is 0.0835. The summed E-state index contributed by atoms with van der Waals surface area (Å²) in [6.45, 7) is 12.5. The van der Waals surface area contributed by atoms with E-state index in [1.54, 1.807) is 0 Å². The van der Waals surface area contributed by atoms with Gasteiger partial charge in [-0.05, 0) is 59.2 Å². The molecule has 0 spiro atoms. The molecule has 0 aromatic carbocycles. The van der Waals surface area contributed by atoms with E-state index in [0.29, 0.717) is 6.42 Å². The second-order valence-electron chi connectivity index (χ2n) is 7.32. The van der Waals surface area contributed by atoms with Crippen LogP contribution in [0.3, 0.4) is 0 Å². The maximum absolute atomic E-state index is 11.8. The van der Waals surface area contributed by atoms with Crippen molar-refractivity contribution in [2.45, 2.75) is 52.5 Å². The van der Waals surface area contributed by atoms with Gasteiger partial charge in [-0.2, -0.15) is 0 Å². The van der Waals surface area contributed by atoms with Gasteiger partial charge in [0.2, 0.25) is 5.91 Å². The van der Waals surface area contributed by atoms with Gasteiger partial charge in [0.25, 0.3) is 0 Å². The molecule has 1 aliphatic rings. The van der Waals surface area contributed by atoms with Crippen LogP contribution in [0.4, 0.5) is 0 Å². The minimum absolute atomic E-state index is 0.0835. The Hall–Kier alpha value is -0.610. The molecule has 112 valence electrons. The summed E-state index contributed by atoms with van der Waals surface area (Å²) in [5, 5.41) is 6.44. The van der Waals surface area contributed by atoms with Crippen molar-refractivity contribution < 1.29 is 4.79 Å². The first-order valence-electron chi connectivity index (χ1n) is 7.41. The van der Waals surface area contributed by atoms with Gasteiger partial charge in [-0.1, -0.05) is 6.92 Å². The molecule has 4 nitrogen and oxygen atoms in total. The highest BCUT2D eigenvalue weighted by molar-refractivity contribution is 5.76. The second-order valence-corrected chi connectivity index (χ2v) is 7.32. The molecule has 0 aromatic heterocycles. The molecule has 0 unspecified atom stereocenters. The Morgan fingerprint density at radius 2 is 1.84 bits per heavy atom. The Morgan fingerprint density at radius 3 is 2.37 bits per heavy atom. The fraction of sp³-hybridized carbons (Fsp3) is 0.933. The van der Waals surface area contributed by atoms with Gasteiger partial charge in [-0.25, -0.2) is 0 Å². The van der Waals surface area contributed by atoms with E-state index in [9.17, 15) is 4.79 Å². The molecule has 0 radical (unpaired) electrons. The van der Waals surface area contributed by atoms with E-state index in [4.69, 9.17) is 0 Å². The lowest BCUT2D eigenvalue weighted by atomic mass is 9.80. The van der Waals surface area contributed by atoms with Gasteiger partial charge in [0.15, 0.2) is 0 Å². The number of carbonyl (C=O) groups is 1. The maximum atomic E-state index is 11.8. The predicted molar refractivity (Wildman–Crippen MR) is 80.2 cm³/mol. The molecule has 1 amide bonds. The summed E-state index contributed by atoms with van der Waals surface area (Å²) in [4.78, 5) is 14.2. The lowest BCUT2D eigenvalue weighted by Gasteiger charge is -2.38. The van der Waals surface area contributed by atoms with Gasteiger partial charge in [0, 0.05) is 25.0 Å². The van der Waals surface area contributed by atoms with Gasteiger partial charge in [-0.15, -0.1) is 0 Å². The topological polar surface area (TPSA) is 44.4 Å².